The molecule has 0 amide bonds. The number of fused-ring (bicyclic) bond motifs is 2. The minimum absolute atomic E-state index is 0.0430. The van der Waals surface area contributed by atoms with Gasteiger partial charge >= 0.3 is 5.97 Å². The van der Waals surface area contributed by atoms with Crippen LogP contribution in [0.2, 0.25) is 0 Å². The molecule has 2 bridgehead atoms. The van der Waals surface area contributed by atoms with Gasteiger partial charge in [-0.15, -0.1) is 0 Å². The van der Waals surface area contributed by atoms with Crippen molar-refractivity contribution < 1.29 is 14.4 Å². The molecule has 0 aromatic heterocycles. The number of likely N-dealkylation sites (tertiary alicyclic amines) is 1. The van der Waals surface area contributed by atoms with Crippen LogP contribution >= 0.6 is 0 Å². The van der Waals surface area contributed by atoms with Gasteiger partial charge in [0.25, 0.3) is 0 Å². The zero-order valence-electron chi connectivity index (χ0n) is 14.0. The molecule has 21 heavy (non-hydrogen) atoms. The van der Waals surface area contributed by atoms with Crippen molar-refractivity contribution in [2.75, 3.05) is 19.6 Å². The van der Waals surface area contributed by atoms with Gasteiger partial charge in [-0.3, -0.25) is 0 Å². The van der Waals surface area contributed by atoms with E-state index in [1.165, 1.54) is 43.4 Å². The molecule has 3 fully saturated rings. The fraction of sp³-hybridized carbons (Fsp3) is 0.944. The summed E-state index contributed by atoms with van der Waals surface area (Å²) in [5.74, 6) is 0.785. The van der Waals surface area contributed by atoms with Gasteiger partial charge in [-0.1, -0.05) is 20.8 Å². The molecule has 0 radical (unpaired) electrons. The molecule has 0 unspecified atom stereocenters. The van der Waals surface area contributed by atoms with Crippen molar-refractivity contribution in [3.8, 4) is 0 Å². The summed E-state index contributed by atoms with van der Waals surface area (Å²) in [5.41, 5.74) is 0.523. The van der Waals surface area contributed by atoms with Gasteiger partial charge in [0.15, 0.2) is 6.54 Å². The average molecular weight is 294 g/mol. The maximum absolute atomic E-state index is 12.4. The highest BCUT2D eigenvalue weighted by Crippen LogP contribution is 2.66. The predicted octanol–water partition coefficient (Wildman–Crippen LogP) is 2.20. The van der Waals surface area contributed by atoms with E-state index in [2.05, 4.69) is 20.8 Å². The summed E-state index contributed by atoms with van der Waals surface area (Å²) in [5, 5.41) is 0. The van der Waals surface area contributed by atoms with Gasteiger partial charge in [-0.25, -0.2) is 4.79 Å². The Labute approximate surface area is 129 Å². The monoisotopic (exact) mass is 294 g/mol. The minimum atomic E-state index is 0.0430. The summed E-state index contributed by atoms with van der Waals surface area (Å²) < 4.78 is 5.97. The first kappa shape index (κ1) is 15.3. The van der Waals surface area contributed by atoms with Crippen molar-refractivity contribution in [1.29, 1.82) is 0 Å². The van der Waals surface area contributed by atoms with Gasteiger partial charge in [-0.05, 0) is 56.3 Å². The Hall–Kier alpha value is -0.570. The molecule has 2 aliphatic carbocycles. The molecular weight excluding hydrogens is 262 g/mol. The van der Waals surface area contributed by atoms with Gasteiger partial charge in [-0.2, -0.15) is 0 Å². The Morgan fingerprint density at radius 2 is 1.81 bits per heavy atom. The van der Waals surface area contributed by atoms with E-state index in [4.69, 9.17) is 4.74 Å². The van der Waals surface area contributed by atoms with Gasteiger partial charge < -0.3 is 9.64 Å². The van der Waals surface area contributed by atoms with E-state index in [0.29, 0.717) is 12.0 Å². The summed E-state index contributed by atoms with van der Waals surface area (Å²) in [6.07, 6.45) is 8.96. The number of hydrogen-bond acceptors (Lipinski definition) is 2. The number of carbonyl (C=O) groups excluding carboxylic acids is 1. The van der Waals surface area contributed by atoms with E-state index >= 15 is 0 Å². The first-order valence-corrected chi connectivity index (χ1v) is 8.96. The van der Waals surface area contributed by atoms with Crippen LogP contribution in [0.4, 0.5) is 0 Å². The summed E-state index contributed by atoms with van der Waals surface area (Å²) in [6.45, 7) is 9.96. The maximum Gasteiger partial charge on any atom is 0.362 e. The molecule has 3 atom stereocenters. The summed E-state index contributed by atoms with van der Waals surface area (Å²) in [4.78, 5) is 13.8. The standard InChI is InChI=1S/C18H31NO2/c1-17(2)14-8-9-18(17,3)15(12-14)21-16(20)13-19-10-6-4-5-7-11-19/h14-15H,4-13H2,1-3H3/p+1/t14-,15-,18-/m1/s1. The van der Waals surface area contributed by atoms with Crippen LogP contribution in [-0.4, -0.2) is 31.7 Å². The second kappa shape index (κ2) is 5.57. The van der Waals surface area contributed by atoms with Crippen LogP contribution in [0.15, 0.2) is 0 Å². The zero-order valence-corrected chi connectivity index (χ0v) is 14.0. The molecule has 0 aromatic carbocycles. The predicted molar refractivity (Wildman–Crippen MR) is 83.1 cm³/mol. The summed E-state index contributed by atoms with van der Waals surface area (Å²) in [7, 11) is 0. The van der Waals surface area contributed by atoms with E-state index in [0.717, 1.165) is 25.4 Å². The highest BCUT2D eigenvalue weighted by molar-refractivity contribution is 5.70. The van der Waals surface area contributed by atoms with Crippen molar-refractivity contribution in [2.24, 2.45) is 16.7 Å². The normalized spacial score (nSPS) is 39.2. The van der Waals surface area contributed by atoms with Crippen molar-refractivity contribution in [1.82, 2.24) is 0 Å². The number of nitrogens with one attached hydrogen (secondary N) is 1. The molecule has 1 saturated heterocycles. The Morgan fingerprint density at radius 3 is 2.33 bits per heavy atom. The van der Waals surface area contributed by atoms with Crippen LogP contribution in [0.25, 0.3) is 0 Å². The topological polar surface area (TPSA) is 30.7 Å². The Bertz CT molecular complexity index is 398. The Morgan fingerprint density at radius 1 is 1.14 bits per heavy atom. The van der Waals surface area contributed by atoms with Crippen LogP contribution < -0.4 is 4.90 Å². The third-order valence-electron chi connectivity index (χ3n) is 7.19. The summed E-state index contributed by atoms with van der Waals surface area (Å²) >= 11 is 0. The lowest BCUT2D eigenvalue weighted by molar-refractivity contribution is -0.891. The fourth-order valence-electron chi connectivity index (χ4n) is 5.12. The van der Waals surface area contributed by atoms with Crippen LogP contribution in [0.1, 0.15) is 65.7 Å². The smallest absolute Gasteiger partial charge is 0.362 e. The van der Waals surface area contributed by atoms with E-state index in [-0.39, 0.29) is 17.5 Å². The molecule has 0 aromatic rings. The molecule has 3 heteroatoms. The number of quaternary nitrogens is 1. The van der Waals surface area contributed by atoms with Crippen LogP contribution in [0.3, 0.4) is 0 Å². The van der Waals surface area contributed by atoms with Crippen molar-refractivity contribution in [3.63, 3.8) is 0 Å². The van der Waals surface area contributed by atoms with Gasteiger partial charge in [0.05, 0.1) is 13.1 Å². The molecule has 1 heterocycles. The summed E-state index contributed by atoms with van der Waals surface area (Å²) in [6, 6.07) is 0. The first-order valence-electron chi connectivity index (χ1n) is 8.96. The van der Waals surface area contributed by atoms with Gasteiger partial charge in [0.1, 0.15) is 6.10 Å². The SMILES string of the molecule is CC1(C)[C@@H]2CC[C@]1(C)[C@H](OC(=O)C[NH+]1CCCCCC1)C2. The first-order chi connectivity index (χ1) is 9.93. The molecule has 1 N–H and O–H groups in total. The highest BCUT2D eigenvalue weighted by Gasteiger charge is 2.62. The van der Waals surface area contributed by atoms with Crippen LogP contribution in [0.5, 0.6) is 0 Å². The number of rotatable bonds is 3. The quantitative estimate of drug-likeness (QED) is 0.809. The van der Waals surface area contributed by atoms with Crippen molar-refractivity contribution in [2.45, 2.75) is 71.8 Å². The lowest BCUT2D eigenvalue weighted by atomic mass is 9.70. The second-order valence-electron chi connectivity index (χ2n) is 8.43. The van der Waals surface area contributed by atoms with E-state index < -0.39 is 0 Å². The van der Waals surface area contributed by atoms with E-state index in [9.17, 15) is 4.79 Å². The lowest BCUT2D eigenvalue weighted by Crippen LogP contribution is -3.12. The minimum Gasteiger partial charge on any atom is -0.458 e. The molecule has 120 valence electrons. The third kappa shape index (κ3) is 2.62. The maximum atomic E-state index is 12.4. The molecule has 3 rings (SSSR count). The lowest BCUT2D eigenvalue weighted by Gasteiger charge is -2.38. The Balaban J connectivity index is 1.56. The number of carbonyl (C=O) groups is 1. The second-order valence-corrected chi connectivity index (χ2v) is 8.43. The third-order valence-corrected chi connectivity index (χ3v) is 7.19. The molecule has 1 aliphatic heterocycles. The Kier molecular flexibility index (Phi) is 4.06. The van der Waals surface area contributed by atoms with E-state index in [1.807, 2.05) is 0 Å². The van der Waals surface area contributed by atoms with E-state index in [1.54, 1.807) is 0 Å². The molecule has 3 nitrogen and oxygen atoms in total. The van der Waals surface area contributed by atoms with Crippen LogP contribution in [0, 0.1) is 16.7 Å². The highest BCUT2D eigenvalue weighted by atomic mass is 16.5. The fourth-order valence-corrected chi connectivity index (χ4v) is 5.12. The molecule has 3 aliphatic rings. The molecular formula is C18H32NO2+. The molecule has 0 spiro atoms. The van der Waals surface area contributed by atoms with Crippen LogP contribution in [-0.2, 0) is 9.53 Å². The van der Waals surface area contributed by atoms with Crippen molar-refractivity contribution in [3.05, 3.63) is 0 Å². The average Bonchev–Trinajstić information content (AvgIpc) is 2.69. The number of ether oxygens (including phenoxy) is 1. The van der Waals surface area contributed by atoms with Gasteiger partial charge in [0.2, 0.25) is 0 Å². The van der Waals surface area contributed by atoms with Crippen molar-refractivity contribution >= 4 is 5.97 Å². The molecule has 2 saturated carbocycles. The largest absolute Gasteiger partial charge is 0.458 e. The number of esters is 1. The van der Waals surface area contributed by atoms with Gasteiger partial charge in [0, 0.05) is 5.41 Å². The number of hydrogen-bond donors (Lipinski definition) is 1. The zero-order chi connectivity index (χ0) is 15.1.